The number of rotatable bonds is 3. The number of piperidine rings is 1. The van der Waals surface area contributed by atoms with Gasteiger partial charge in [-0.15, -0.1) is 12.4 Å². The van der Waals surface area contributed by atoms with Crippen molar-refractivity contribution in [2.75, 3.05) is 25.9 Å². The molecular formula is C13H19ClN4O3. The van der Waals surface area contributed by atoms with Crippen molar-refractivity contribution in [2.24, 2.45) is 0 Å². The van der Waals surface area contributed by atoms with Crippen LogP contribution in [0.5, 0.6) is 0 Å². The minimum Gasteiger partial charge on any atom is -0.393 e. The number of benzene rings is 1. The number of nitrogen functional groups attached to an aromatic ring is 1. The lowest BCUT2D eigenvalue weighted by molar-refractivity contribution is -0.383. The van der Waals surface area contributed by atoms with E-state index in [0.29, 0.717) is 18.7 Å². The summed E-state index contributed by atoms with van der Waals surface area (Å²) in [7, 11) is 1.87. The number of nitrogens with two attached hydrogens (primary N) is 1. The van der Waals surface area contributed by atoms with Crippen LogP contribution in [0.1, 0.15) is 23.2 Å². The van der Waals surface area contributed by atoms with Gasteiger partial charge in [-0.25, -0.2) is 0 Å². The van der Waals surface area contributed by atoms with E-state index in [1.807, 2.05) is 7.05 Å². The predicted octanol–water partition coefficient (Wildman–Crippen LogP) is 1.42. The molecular weight excluding hydrogens is 296 g/mol. The Morgan fingerprint density at radius 3 is 2.86 bits per heavy atom. The van der Waals surface area contributed by atoms with Crippen LogP contribution >= 0.6 is 12.4 Å². The van der Waals surface area contributed by atoms with Crippen molar-refractivity contribution in [2.45, 2.75) is 18.9 Å². The molecule has 0 aromatic heterocycles. The molecule has 1 fully saturated rings. The smallest absolute Gasteiger partial charge is 0.292 e. The summed E-state index contributed by atoms with van der Waals surface area (Å²) in [5, 5.41) is 14.0. The van der Waals surface area contributed by atoms with E-state index >= 15 is 0 Å². The monoisotopic (exact) mass is 314 g/mol. The quantitative estimate of drug-likeness (QED) is 0.499. The molecule has 0 saturated carbocycles. The highest BCUT2D eigenvalue weighted by Gasteiger charge is 2.25. The first-order valence-corrected chi connectivity index (χ1v) is 6.53. The summed E-state index contributed by atoms with van der Waals surface area (Å²) in [6.45, 7) is 1.29. The first-order valence-electron chi connectivity index (χ1n) is 6.53. The number of amides is 1. The maximum absolute atomic E-state index is 12.4. The van der Waals surface area contributed by atoms with Gasteiger partial charge in [-0.1, -0.05) is 0 Å². The largest absolute Gasteiger partial charge is 0.393 e. The number of hydrogen-bond donors (Lipinski definition) is 2. The molecule has 1 amide bonds. The molecule has 7 nitrogen and oxygen atoms in total. The molecule has 1 aliphatic rings. The molecule has 1 aromatic rings. The molecule has 21 heavy (non-hydrogen) atoms. The summed E-state index contributed by atoms with van der Waals surface area (Å²) in [6.07, 6.45) is 1.95. The SMILES string of the molecule is CNC1CCCN(C(=O)c2ccc(N)c([N+](=O)[O-])c2)C1.Cl. The molecule has 1 aliphatic heterocycles. The van der Waals surface area contributed by atoms with Crippen LogP contribution in [0.25, 0.3) is 0 Å². The molecule has 3 N–H and O–H groups in total. The van der Waals surface area contributed by atoms with Crippen LogP contribution < -0.4 is 11.1 Å². The highest BCUT2D eigenvalue weighted by molar-refractivity contribution is 5.95. The average Bonchev–Trinajstić information content (AvgIpc) is 2.46. The minimum atomic E-state index is -0.571. The van der Waals surface area contributed by atoms with Gasteiger partial charge >= 0.3 is 0 Å². The van der Waals surface area contributed by atoms with E-state index in [9.17, 15) is 14.9 Å². The lowest BCUT2D eigenvalue weighted by Crippen LogP contribution is -2.46. The second-order valence-corrected chi connectivity index (χ2v) is 4.91. The number of nitrogens with one attached hydrogen (secondary N) is 1. The normalized spacial score (nSPS) is 18.0. The zero-order chi connectivity index (χ0) is 14.7. The Labute approximate surface area is 129 Å². The van der Waals surface area contributed by atoms with Gasteiger partial charge in [0.2, 0.25) is 0 Å². The Kier molecular flexibility index (Phi) is 5.92. The van der Waals surface area contributed by atoms with E-state index in [2.05, 4.69) is 5.32 Å². The third kappa shape index (κ3) is 3.83. The first kappa shape index (κ1) is 17.2. The lowest BCUT2D eigenvalue weighted by atomic mass is 10.0. The number of halogens is 1. The van der Waals surface area contributed by atoms with Gasteiger partial charge in [0.25, 0.3) is 11.6 Å². The van der Waals surface area contributed by atoms with E-state index in [1.54, 1.807) is 4.90 Å². The van der Waals surface area contributed by atoms with Crippen molar-refractivity contribution in [3.05, 3.63) is 33.9 Å². The van der Waals surface area contributed by atoms with E-state index in [0.717, 1.165) is 12.8 Å². The van der Waals surface area contributed by atoms with E-state index in [-0.39, 0.29) is 35.7 Å². The van der Waals surface area contributed by atoms with Gasteiger partial charge in [-0.2, -0.15) is 0 Å². The van der Waals surface area contributed by atoms with E-state index in [4.69, 9.17) is 5.73 Å². The van der Waals surface area contributed by atoms with Gasteiger partial charge in [-0.3, -0.25) is 14.9 Å². The summed E-state index contributed by atoms with van der Waals surface area (Å²) in [5.74, 6) is -0.187. The predicted molar refractivity (Wildman–Crippen MR) is 82.7 cm³/mol. The highest BCUT2D eigenvalue weighted by Crippen LogP contribution is 2.24. The summed E-state index contributed by atoms with van der Waals surface area (Å²) in [4.78, 5) is 24.4. The standard InChI is InChI=1S/C13H18N4O3.ClH/c1-15-10-3-2-6-16(8-10)13(18)9-4-5-11(14)12(7-9)17(19)20;/h4-5,7,10,15H,2-3,6,8,14H2,1H3;1H. The number of carbonyl (C=O) groups is 1. The maximum atomic E-state index is 12.4. The molecule has 0 aliphatic carbocycles. The number of carbonyl (C=O) groups excluding carboxylic acids is 1. The van der Waals surface area contributed by atoms with Crippen molar-refractivity contribution < 1.29 is 9.72 Å². The first-order chi connectivity index (χ1) is 9.52. The van der Waals surface area contributed by atoms with Crippen LogP contribution in [0.4, 0.5) is 11.4 Å². The number of anilines is 1. The molecule has 0 spiro atoms. The summed E-state index contributed by atoms with van der Waals surface area (Å²) < 4.78 is 0. The molecule has 116 valence electrons. The molecule has 8 heteroatoms. The van der Waals surface area contributed by atoms with Crippen LogP contribution in [0.2, 0.25) is 0 Å². The zero-order valence-electron chi connectivity index (χ0n) is 11.7. The minimum absolute atomic E-state index is 0. The number of nitro groups is 1. The number of nitrogens with zero attached hydrogens (tertiary/aromatic N) is 2. The fourth-order valence-electron chi connectivity index (χ4n) is 2.41. The maximum Gasteiger partial charge on any atom is 0.292 e. The van der Waals surface area contributed by atoms with Crippen molar-refractivity contribution in [3.63, 3.8) is 0 Å². The lowest BCUT2D eigenvalue weighted by Gasteiger charge is -2.32. The summed E-state index contributed by atoms with van der Waals surface area (Å²) in [5.41, 5.74) is 5.69. The van der Waals surface area contributed by atoms with Gasteiger partial charge in [0, 0.05) is 30.8 Å². The molecule has 1 aromatic carbocycles. The van der Waals surface area contributed by atoms with Crippen LogP contribution in [0.3, 0.4) is 0 Å². The third-order valence-electron chi connectivity index (χ3n) is 3.59. The number of likely N-dealkylation sites (N-methyl/N-ethyl adjacent to an activating group) is 1. The van der Waals surface area contributed by atoms with Crippen LogP contribution in [-0.4, -0.2) is 41.9 Å². The molecule has 0 radical (unpaired) electrons. The van der Waals surface area contributed by atoms with Crippen molar-refractivity contribution in [1.82, 2.24) is 10.2 Å². The number of likely N-dealkylation sites (tertiary alicyclic amines) is 1. The summed E-state index contributed by atoms with van der Waals surface area (Å²) in [6, 6.07) is 4.47. The number of nitro benzene ring substituents is 1. The zero-order valence-corrected chi connectivity index (χ0v) is 12.6. The third-order valence-corrected chi connectivity index (χ3v) is 3.59. The Balaban J connectivity index is 0.00000220. The number of hydrogen-bond acceptors (Lipinski definition) is 5. The molecule has 1 unspecified atom stereocenters. The second kappa shape index (κ2) is 7.24. The van der Waals surface area contributed by atoms with Crippen LogP contribution in [-0.2, 0) is 0 Å². The molecule has 1 saturated heterocycles. The fourth-order valence-corrected chi connectivity index (χ4v) is 2.41. The molecule has 1 atom stereocenters. The molecule has 1 heterocycles. The van der Waals surface area contributed by atoms with E-state index < -0.39 is 4.92 Å². The Hall–Kier alpha value is -1.86. The average molecular weight is 315 g/mol. The van der Waals surface area contributed by atoms with Crippen molar-refractivity contribution in [3.8, 4) is 0 Å². The fraction of sp³-hybridized carbons (Fsp3) is 0.462. The molecule has 0 bridgehead atoms. The van der Waals surface area contributed by atoms with E-state index in [1.165, 1.54) is 18.2 Å². The highest BCUT2D eigenvalue weighted by atomic mass is 35.5. The van der Waals surface area contributed by atoms with Gasteiger partial charge in [0.1, 0.15) is 5.69 Å². The van der Waals surface area contributed by atoms with Crippen LogP contribution in [0.15, 0.2) is 18.2 Å². The topological polar surface area (TPSA) is 102 Å². The van der Waals surface area contributed by atoms with Crippen molar-refractivity contribution >= 4 is 29.7 Å². The Bertz CT molecular complexity index is 538. The second-order valence-electron chi connectivity index (χ2n) is 4.91. The van der Waals surface area contributed by atoms with Crippen LogP contribution in [0, 0.1) is 10.1 Å². The van der Waals surface area contributed by atoms with Crippen molar-refractivity contribution in [1.29, 1.82) is 0 Å². The summed E-state index contributed by atoms with van der Waals surface area (Å²) >= 11 is 0. The Morgan fingerprint density at radius 2 is 2.24 bits per heavy atom. The van der Waals surface area contributed by atoms with Gasteiger partial charge in [-0.05, 0) is 32.0 Å². The van der Waals surface area contributed by atoms with Gasteiger partial charge in [0.05, 0.1) is 4.92 Å². The van der Waals surface area contributed by atoms with Gasteiger partial charge < -0.3 is 16.0 Å². The molecule has 2 rings (SSSR count). The van der Waals surface area contributed by atoms with Gasteiger partial charge in [0.15, 0.2) is 0 Å². The Morgan fingerprint density at radius 1 is 1.52 bits per heavy atom.